The zero-order valence-corrected chi connectivity index (χ0v) is 16.2. The Bertz CT molecular complexity index is 983. The topological polar surface area (TPSA) is 61.4 Å². The summed E-state index contributed by atoms with van der Waals surface area (Å²) >= 11 is 0. The molecular weight excluding hydrogens is 369 g/mol. The minimum Gasteiger partial charge on any atom is -0.368 e. The van der Waals surface area contributed by atoms with E-state index in [0.29, 0.717) is 37.7 Å². The number of rotatable bonds is 4. The maximum atomic E-state index is 13.1. The van der Waals surface area contributed by atoms with E-state index in [0.717, 1.165) is 16.9 Å². The molecule has 6 nitrogen and oxygen atoms in total. The summed E-state index contributed by atoms with van der Waals surface area (Å²) in [6.07, 6.45) is 3.12. The number of aryl methyl sites for hydroxylation is 1. The van der Waals surface area contributed by atoms with E-state index in [-0.39, 0.29) is 11.7 Å². The second kappa shape index (κ2) is 8.26. The summed E-state index contributed by atoms with van der Waals surface area (Å²) < 4.78 is 13.1. The highest BCUT2D eigenvalue weighted by molar-refractivity contribution is 5.94. The molecule has 1 N–H and O–H groups in total. The van der Waals surface area contributed by atoms with Crippen LogP contribution >= 0.6 is 0 Å². The monoisotopic (exact) mass is 391 g/mol. The Kier molecular flexibility index (Phi) is 5.37. The predicted molar refractivity (Wildman–Crippen MR) is 111 cm³/mol. The van der Waals surface area contributed by atoms with Crippen LogP contribution < -0.4 is 10.2 Å². The van der Waals surface area contributed by atoms with Gasteiger partial charge in [-0.3, -0.25) is 4.79 Å². The molecule has 1 saturated heterocycles. The van der Waals surface area contributed by atoms with Crippen LogP contribution in [0, 0.1) is 12.7 Å². The number of carbonyl (C=O) groups is 1. The number of anilines is 3. The number of carbonyl (C=O) groups excluding carboxylic acids is 1. The highest BCUT2D eigenvalue weighted by atomic mass is 19.1. The molecule has 2 aromatic carbocycles. The third-order valence-corrected chi connectivity index (χ3v) is 5.05. The van der Waals surface area contributed by atoms with Crippen molar-refractivity contribution in [3.8, 4) is 0 Å². The highest BCUT2D eigenvalue weighted by Gasteiger charge is 2.23. The molecule has 0 atom stereocenters. The minimum atomic E-state index is -0.247. The molecule has 1 amide bonds. The van der Waals surface area contributed by atoms with Crippen molar-refractivity contribution in [3.05, 3.63) is 77.9 Å². The first-order chi connectivity index (χ1) is 14.1. The molecule has 3 aromatic rings. The molecule has 4 rings (SSSR count). The van der Waals surface area contributed by atoms with Crippen LogP contribution in [0.3, 0.4) is 0 Å². The first-order valence-electron chi connectivity index (χ1n) is 9.54. The zero-order valence-electron chi connectivity index (χ0n) is 16.2. The molecule has 7 heteroatoms. The maximum Gasteiger partial charge on any atom is 0.257 e. The number of amides is 1. The van der Waals surface area contributed by atoms with Crippen molar-refractivity contribution in [1.82, 2.24) is 14.9 Å². The predicted octanol–water partition coefficient (Wildman–Crippen LogP) is 3.63. The average molecular weight is 391 g/mol. The van der Waals surface area contributed by atoms with Gasteiger partial charge in [0.2, 0.25) is 5.95 Å². The van der Waals surface area contributed by atoms with Crippen LogP contribution in [0.15, 0.2) is 60.9 Å². The number of hydrogen-bond donors (Lipinski definition) is 1. The fraction of sp³-hybridized carbons (Fsp3) is 0.227. The second-order valence-corrected chi connectivity index (χ2v) is 6.99. The Morgan fingerprint density at radius 3 is 2.28 bits per heavy atom. The Morgan fingerprint density at radius 1 is 0.966 bits per heavy atom. The first kappa shape index (κ1) is 18.9. The van der Waals surface area contributed by atoms with Gasteiger partial charge in [0.15, 0.2) is 0 Å². The smallest absolute Gasteiger partial charge is 0.257 e. The zero-order chi connectivity index (χ0) is 20.2. The second-order valence-electron chi connectivity index (χ2n) is 6.99. The van der Waals surface area contributed by atoms with Crippen molar-refractivity contribution in [2.75, 3.05) is 36.4 Å². The lowest BCUT2D eigenvalue weighted by Gasteiger charge is -2.36. The third kappa shape index (κ3) is 4.34. The molecule has 1 aromatic heterocycles. The van der Waals surface area contributed by atoms with Gasteiger partial charge in [-0.25, -0.2) is 14.4 Å². The summed E-state index contributed by atoms with van der Waals surface area (Å²) in [5, 5.41) is 3.17. The molecule has 148 valence electrons. The van der Waals surface area contributed by atoms with Gasteiger partial charge >= 0.3 is 0 Å². The van der Waals surface area contributed by atoms with Crippen molar-refractivity contribution in [2.24, 2.45) is 0 Å². The van der Waals surface area contributed by atoms with E-state index in [2.05, 4.69) is 20.2 Å². The van der Waals surface area contributed by atoms with Crippen LogP contribution in [0.25, 0.3) is 0 Å². The van der Waals surface area contributed by atoms with E-state index in [4.69, 9.17) is 0 Å². The Hall–Kier alpha value is -3.48. The van der Waals surface area contributed by atoms with Crippen molar-refractivity contribution < 1.29 is 9.18 Å². The normalized spacial score (nSPS) is 14.0. The van der Waals surface area contributed by atoms with Gasteiger partial charge in [0.05, 0.1) is 5.56 Å². The number of piperazine rings is 1. The number of benzene rings is 2. The van der Waals surface area contributed by atoms with Crippen LogP contribution in [-0.2, 0) is 0 Å². The SMILES string of the molecule is Cc1ccccc1Nc1ncc(C(=O)N2CCN(c3ccc(F)cc3)CC2)cn1. The van der Waals surface area contributed by atoms with Gasteiger partial charge in [-0.2, -0.15) is 0 Å². The van der Waals surface area contributed by atoms with Gasteiger partial charge in [-0.15, -0.1) is 0 Å². The highest BCUT2D eigenvalue weighted by Crippen LogP contribution is 2.19. The van der Waals surface area contributed by atoms with E-state index in [1.807, 2.05) is 31.2 Å². The van der Waals surface area contributed by atoms with E-state index < -0.39 is 0 Å². The summed E-state index contributed by atoms with van der Waals surface area (Å²) in [4.78, 5) is 25.3. The summed E-state index contributed by atoms with van der Waals surface area (Å²) in [6, 6.07) is 14.3. The number of halogens is 1. The fourth-order valence-corrected chi connectivity index (χ4v) is 3.34. The molecule has 0 radical (unpaired) electrons. The molecule has 1 aliphatic heterocycles. The van der Waals surface area contributed by atoms with Crippen molar-refractivity contribution in [1.29, 1.82) is 0 Å². The summed E-state index contributed by atoms with van der Waals surface area (Å²) in [6.45, 7) is 4.60. The molecule has 0 aliphatic carbocycles. The molecule has 2 heterocycles. The number of nitrogens with one attached hydrogen (secondary N) is 1. The van der Waals surface area contributed by atoms with E-state index in [9.17, 15) is 9.18 Å². The molecule has 0 spiro atoms. The Balaban J connectivity index is 1.36. The lowest BCUT2D eigenvalue weighted by molar-refractivity contribution is 0.0746. The number of nitrogens with zero attached hydrogens (tertiary/aromatic N) is 4. The fourth-order valence-electron chi connectivity index (χ4n) is 3.34. The molecule has 1 aliphatic rings. The van der Waals surface area contributed by atoms with Crippen LogP contribution in [0.5, 0.6) is 0 Å². The Morgan fingerprint density at radius 2 is 1.62 bits per heavy atom. The number of hydrogen-bond acceptors (Lipinski definition) is 5. The lowest BCUT2D eigenvalue weighted by Crippen LogP contribution is -2.48. The lowest BCUT2D eigenvalue weighted by atomic mass is 10.2. The van der Waals surface area contributed by atoms with E-state index >= 15 is 0 Å². The molecule has 1 fully saturated rings. The van der Waals surface area contributed by atoms with Crippen LogP contribution in [0.4, 0.5) is 21.7 Å². The third-order valence-electron chi connectivity index (χ3n) is 5.05. The molecule has 0 bridgehead atoms. The van der Waals surface area contributed by atoms with Crippen molar-refractivity contribution in [2.45, 2.75) is 6.92 Å². The standard InChI is InChI=1S/C22H22FN5O/c1-16-4-2-3-5-20(16)26-22-24-14-17(15-25-22)21(29)28-12-10-27(11-13-28)19-8-6-18(23)7-9-19/h2-9,14-15H,10-13H2,1H3,(H,24,25,26). The molecular formula is C22H22FN5O. The first-order valence-corrected chi connectivity index (χ1v) is 9.54. The van der Waals surface area contributed by atoms with Gasteiger partial charge in [-0.1, -0.05) is 18.2 Å². The summed E-state index contributed by atoms with van der Waals surface area (Å²) in [5.41, 5.74) is 3.46. The number of para-hydroxylation sites is 1. The molecule has 0 saturated carbocycles. The summed E-state index contributed by atoms with van der Waals surface area (Å²) in [7, 11) is 0. The Labute approximate surface area is 169 Å². The van der Waals surface area contributed by atoms with Gasteiger partial charge in [-0.05, 0) is 42.8 Å². The van der Waals surface area contributed by atoms with Gasteiger partial charge in [0.25, 0.3) is 5.91 Å². The van der Waals surface area contributed by atoms with Crippen molar-refractivity contribution in [3.63, 3.8) is 0 Å². The van der Waals surface area contributed by atoms with Crippen molar-refractivity contribution >= 4 is 23.2 Å². The van der Waals surface area contributed by atoms with Crippen LogP contribution in [-0.4, -0.2) is 47.0 Å². The van der Waals surface area contributed by atoms with Gasteiger partial charge in [0.1, 0.15) is 5.82 Å². The largest absolute Gasteiger partial charge is 0.368 e. The maximum absolute atomic E-state index is 13.1. The van der Waals surface area contributed by atoms with Gasteiger partial charge < -0.3 is 15.1 Å². The molecule has 29 heavy (non-hydrogen) atoms. The minimum absolute atomic E-state index is 0.0776. The van der Waals surface area contributed by atoms with Crippen LogP contribution in [0.1, 0.15) is 15.9 Å². The summed E-state index contributed by atoms with van der Waals surface area (Å²) in [5.74, 6) is 0.131. The molecule has 0 unspecified atom stereocenters. The number of aromatic nitrogens is 2. The average Bonchev–Trinajstić information content (AvgIpc) is 2.76. The quantitative estimate of drug-likeness (QED) is 0.736. The van der Waals surface area contributed by atoms with Gasteiger partial charge in [0, 0.05) is 49.9 Å². The van der Waals surface area contributed by atoms with E-state index in [1.54, 1.807) is 29.4 Å². The van der Waals surface area contributed by atoms with Crippen LogP contribution in [0.2, 0.25) is 0 Å². The van der Waals surface area contributed by atoms with E-state index in [1.165, 1.54) is 12.1 Å².